The molecular formula is C19H14ClFN4S. The van der Waals surface area contributed by atoms with Crippen LogP contribution in [-0.4, -0.2) is 20.0 Å². The van der Waals surface area contributed by atoms with Gasteiger partial charge in [-0.1, -0.05) is 28.9 Å². The second-order valence-corrected chi connectivity index (χ2v) is 7.21. The molecule has 7 heteroatoms. The Labute approximate surface area is 158 Å². The number of benzene rings is 2. The highest BCUT2D eigenvalue weighted by atomic mass is 35.5. The Morgan fingerprint density at radius 1 is 1.08 bits per heavy atom. The molecule has 0 radical (unpaired) electrons. The van der Waals surface area contributed by atoms with Crippen LogP contribution >= 0.6 is 22.9 Å². The third kappa shape index (κ3) is 3.02. The van der Waals surface area contributed by atoms with E-state index >= 15 is 0 Å². The first-order valence-electron chi connectivity index (χ1n) is 7.93. The van der Waals surface area contributed by atoms with Gasteiger partial charge in [-0.25, -0.2) is 14.1 Å². The van der Waals surface area contributed by atoms with Crippen molar-refractivity contribution in [1.82, 2.24) is 20.0 Å². The summed E-state index contributed by atoms with van der Waals surface area (Å²) in [4.78, 5) is 4.68. The third-order valence-electron chi connectivity index (χ3n) is 4.13. The Bertz CT molecular complexity index is 1090. The highest BCUT2D eigenvalue weighted by molar-refractivity contribution is 7.13. The van der Waals surface area contributed by atoms with E-state index in [1.807, 2.05) is 43.5 Å². The van der Waals surface area contributed by atoms with Crippen LogP contribution in [0, 0.1) is 19.7 Å². The van der Waals surface area contributed by atoms with Crippen molar-refractivity contribution in [3.05, 3.63) is 69.9 Å². The molecule has 0 atom stereocenters. The van der Waals surface area contributed by atoms with Crippen molar-refractivity contribution in [3.8, 4) is 27.6 Å². The van der Waals surface area contributed by atoms with Gasteiger partial charge in [0, 0.05) is 16.0 Å². The zero-order chi connectivity index (χ0) is 18.3. The number of aryl methyl sites for hydroxylation is 1. The minimum Gasteiger partial charge on any atom is -0.234 e. The van der Waals surface area contributed by atoms with Crippen LogP contribution < -0.4 is 0 Å². The molecule has 4 nitrogen and oxygen atoms in total. The van der Waals surface area contributed by atoms with E-state index in [4.69, 9.17) is 11.6 Å². The van der Waals surface area contributed by atoms with E-state index < -0.39 is 0 Å². The highest BCUT2D eigenvalue weighted by Gasteiger charge is 2.17. The Hall–Kier alpha value is -2.57. The van der Waals surface area contributed by atoms with Gasteiger partial charge in [0.2, 0.25) is 0 Å². The number of aromatic nitrogens is 4. The zero-order valence-electron chi connectivity index (χ0n) is 14.1. The molecule has 0 unspecified atom stereocenters. The van der Waals surface area contributed by atoms with Crippen molar-refractivity contribution in [2.24, 2.45) is 0 Å². The molecule has 0 N–H and O–H groups in total. The highest BCUT2D eigenvalue weighted by Crippen LogP contribution is 2.31. The van der Waals surface area contributed by atoms with Crippen molar-refractivity contribution < 1.29 is 4.39 Å². The van der Waals surface area contributed by atoms with Crippen LogP contribution in [0.25, 0.3) is 27.6 Å². The molecule has 2 aromatic carbocycles. The van der Waals surface area contributed by atoms with Gasteiger partial charge in [-0.3, -0.25) is 0 Å². The molecule has 0 aliphatic rings. The molecular weight excluding hydrogens is 371 g/mol. The number of thiazole rings is 1. The molecule has 2 heterocycles. The minimum absolute atomic E-state index is 0.267. The minimum atomic E-state index is -0.267. The largest absolute Gasteiger partial charge is 0.234 e. The van der Waals surface area contributed by atoms with Gasteiger partial charge in [-0.05, 0) is 49.7 Å². The average molecular weight is 385 g/mol. The molecule has 0 aliphatic heterocycles. The molecule has 4 rings (SSSR count). The topological polar surface area (TPSA) is 43.6 Å². The predicted octanol–water partition coefficient (Wildman–Crippen LogP) is 5.47. The van der Waals surface area contributed by atoms with Crippen molar-refractivity contribution in [2.45, 2.75) is 13.8 Å². The summed E-state index contributed by atoms with van der Waals surface area (Å²) < 4.78 is 15.1. The van der Waals surface area contributed by atoms with E-state index in [0.717, 1.165) is 38.9 Å². The van der Waals surface area contributed by atoms with Crippen molar-refractivity contribution in [2.75, 3.05) is 0 Å². The fourth-order valence-electron chi connectivity index (χ4n) is 2.75. The SMILES string of the molecule is Cc1cc(F)ccc1-n1nnc(-c2nc(-c3ccc(Cl)cc3)cs2)c1C. The zero-order valence-corrected chi connectivity index (χ0v) is 15.6. The summed E-state index contributed by atoms with van der Waals surface area (Å²) >= 11 is 7.45. The molecule has 0 bridgehead atoms. The summed E-state index contributed by atoms with van der Waals surface area (Å²) in [7, 11) is 0. The van der Waals surface area contributed by atoms with Crippen LogP contribution in [-0.2, 0) is 0 Å². The Kier molecular flexibility index (Phi) is 4.30. The van der Waals surface area contributed by atoms with E-state index in [1.165, 1.54) is 23.5 Å². The average Bonchev–Trinajstić information content (AvgIpc) is 3.23. The molecule has 2 aromatic heterocycles. The lowest BCUT2D eigenvalue weighted by Crippen LogP contribution is -2.02. The fraction of sp³-hybridized carbons (Fsp3) is 0.105. The maximum Gasteiger partial charge on any atom is 0.146 e. The number of rotatable bonds is 3. The number of nitrogens with zero attached hydrogens (tertiary/aromatic N) is 4. The van der Waals surface area contributed by atoms with Gasteiger partial charge in [-0.2, -0.15) is 0 Å². The Morgan fingerprint density at radius 2 is 1.85 bits per heavy atom. The summed E-state index contributed by atoms with van der Waals surface area (Å²) in [5.74, 6) is -0.267. The first-order chi connectivity index (χ1) is 12.5. The van der Waals surface area contributed by atoms with Crippen LogP contribution in [0.3, 0.4) is 0 Å². The first kappa shape index (κ1) is 16.9. The lowest BCUT2D eigenvalue weighted by Gasteiger charge is -2.07. The maximum absolute atomic E-state index is 13.4. The van der Waals surface area contributed by atoms with Crippen LogP contribution in [0.2, 0.25) is 5.02 Å². The number of hydrogen-bond acceptors (Lipinski definition) is 4. The number of halogens is 2. The first-order valence-corrected chi connectivity index (χ1v) is 9.19. The van der Waals surface area contributed by atoms with Crippen LogP contribution in [0.5, 0.6) is 0 Å². The number of hydrogen-bond donors (Lipinski definition) is 0. The van der Waals surface area contributed by atoms with E-state index in [0.29, 0.717) is 5.02 Å². The summed E-state index contributed by atoms with van der Waals surface area (Å²) in [6.45, 7) is 3.78. The lowest BCUT2D eigenvalue weighted by atomic mass is 10.2. The molecule has 0 spiro atoms. The van der Waals surface area contributed by atoms with Gasteiger partial charge in [0.25, 0.3) is 0 Å². The summed E-state index contributed by atoms with van der Waals surface area (Å²) in [6, 6.07) is 12.2. The predicted molar refractivity (Wildman–Crippen MR) is 102 cm³/mol. The molecule has 0 aliphatic carbocycles. The van der Waals surface area contributed by atoms with E-state index in [-0.39, 0.29) is 5.82 Å². The molecule has 4 aromatic rings. The maximum atomic E-state index is 13.4. The van der Waals surface area contributed by atoms with E-state index in [2.05, 4.69) is 15.3 Å². The van der Waals surface area contributed by atoms with Gasteiger partial charge in [0.1, 0.15) is 16.5 Å². The standard InChI is InChI=1S/C19H14ClFN4S/c1-11-9-15(21)7-8-17(11)25-12(2)18(23-24-25)19-22-16(10-26-19)13-3-5-14(20)6-4-13/h3-10H,1-2H3. The normalized spacial score (nSPS) is 11.1. The molecule has 130 valence electrons. The van der Waals surface area contributed by atoms with Crippen molar-refractivity contribution in [1.29, 1.82) is 0 Å². The Balaban J connectivity index is 1.72. The van der Waals surface area contributed by atoms with Crippen LogP contribution in [0.1, 0.15) is 11.3 Å². The molecule has 26 heavy (non-hydrogen) atoms. The quantitative estimate of drug-likeness (QED) is 0.470. The molecule has 0 amide bonds. The second kappa shape index (κ2) is 6.63. The van der Waals surface area contributed by atoms with E-state index in [9.17, 15) is 4.39 Å². The van der Waals surface area contributed by atoms with Crippen molar-refractivity contribution >= 4 is 22.9 Å². The van der Waals surface area contributed by atoms with Gasteiger partial charge in [-0.15, -0.1) is 16.4 Å². The van der Waals surface area contributed by atoms with Crippen LogP contribution in [0.15, 0.2) is 47.8 Å². The monoisotopic (exact) mass is 384 g/mol. The van der Waals surface area contributed by atoms with Crippen molar-refractivity contribution in [3.63, 3.8) is 0 Å². The summed E-state index contributed by atoms with van der Waals surface area (Å²) in [6.07, 6.45) is 0. The van der Waals surface area contributed by atoms with Gasteiger partial charge in [0.15, 0.2) is 0 Å². The smallest absolute Gasteiger partial charge is 0.146 e. The van der Waals surface area contributed by atoms with Crippen LogP contribution in [0.4, 0.5) is 4.39 Å². The van der Waals surface area contributed by atoms with E-state index in [1.54, 1.807) is 10.7 Å². The van der Waals surface area contributed by atoms with Gasteiger partial charge in [0.05, 0.1) is 17.1 Å². The van der Waals surface area contributed by atoms with Gasteiger partial charge >= 0.3 is 0 Å². The summed E-state index contributed by atoms with van der Waals surface area (Å²) in [5, 5.41) is 12.0. The molecule has 0 fully saturated rings. The summed E-state index contributed by atoms with van der Waals surface area (Å²) in [5.41, 5.74) is 5.04. The molecule has 0 saturated heterocycles. The third-order valence-corrected chi connectivity index (χ3v) is 5.23. The fourth-order valence-corrected chi connectivity index (χ4v) is 3.74. The molecule has 0 saturated carbocycles. The second-order valence-electron chi connectivity index (χ2n) is 5.91. The Morgan fingerprint density at radius 3 is 2.58 bits per heavy atom. The lowest BCUT2D eigenvalue weighted by molar-refractivity contribution is 0.625. The van der Waals surface area contributed by atoms with Gasteiger partial charge < -0.3 is 0 Å².